The molecule has 190 valence electrons. The van der Waals surface area contributed by atoms with Crippen molar-refractivity contribution in [3.05, 3.63) is 0 Å². The van der Waals surface area contributed by atoms with E-state index in [9.17, 15) is 24.3 Å². The van der Waals surface area contributed by atoms with Gasteiger partial charge in [0, 0.05) is 0 Å². The standard InChI is InChI=1S/C22H41N5O5S/c1-4-14(2)18(27-19(28)15-9-7-12-24-15)21(30)25-16(10-13-33-3)20(29)26-17(22(31)32)8-5-6-11-23/h14-18,24H,4-13,23H2,1-3H3,(H,25,30)(H,26,29)(H,27,28)(H,31,32). The van der Waals surface area contributed by atoms with Gasteiger partial charge in [0.15, 0.2) is 0 Å². The van der Waals surface area contributed by atoms with Gasteiger partial charge in [-0.1, -0.05) is 20.3 Å². The van der Waals surface area contributed by atoms with Crippen molar-refractivity contribution in [1.29, 1.82) is 0 Å². The number of unbranched alkanes of at least 4 members (excludes halogenated alkanes) is 1. The Kier molecular flexibility index (Phi) is 14.1. The lowest BCUT2D eigenvalue weighted by molar-refractivity contribution is -0.142. The molecule has 1 heterocycles. The minimum Gasteiger partial charge on any atom is -0.480 e. The second-order valence-corrected chi connectivity index (χ2v) is 9.53. The number of carboxylic acids is 1. The number of nitrogens with two attached hydrogens (primary N) is 1. The molecule has 0 aromatic heterocycles. The number of nitrogens with one attached hydrogen (secondary N) is 4. The normalized spacial score (nSPS) is 19.2. The zero-order valence-electron chi connectivity index (χ0n) is 20.0. The molecule has 0 saturated carbocycles. The van der Waals surface area contributed by atoms with Crippen molar-refractivity contribution >= 4 is 35.5 Å². The van der Waals surface area contributed by atoms with Crippen LogP contribution >= 0.6 is 11.8 Å². The summed E-state index contributed by atoms with van der Waals surface area (Å²) in [7, 11) is 0. The molecule has 0 aliphatic carbocycles. The fraction of sp³-hybridized carbons (Fsp3) is 0.818. The van der Waals surface area contributed by atoms with E-state index in [1.54, 1.807) is 0 Å². The van der Waals surface area contributed by atoms with E-state index in [0.29, 0.717) is 38.0 Å². The van der Waals surface area contributed by atoms with Crippen LogP contribution in [0.3, 0.4) is 0 Å². The molecule has 0 aromatic rings. The van der Waals surface area contributed by atoms with Crippen LogP contribution in [0.25, 0.3) is 0 Å². The summed E-state index contributed by atoms with van der Waals surface area (Å²) in [5.74, 6) is -1.85. The van der Waals surface area contributed by atoms with Gasteiger partial charge in [-0.3, -0.25) is 14.4 Å². The Morgan fingerprint density at radius 3 is 2.33 bits per heavy atom. The van der Waals surface area contributed by atoms with Crippen LogP contribution in [-0.2, 0) is 19.2 Å². The van der Waals surface area contributed by atoms with Crippen LogP contribution in [0, 0.1) is 5.92 Å². The van der Waals surface area contributed by atoms with Gasteiger partial charge in [0.25, 0.3) is 0 Å². The van der Waals surface area contributed by atoms with Gasteiger partial charge >= 0.3 is 5.97 Å². The Balaban J connectivity index is 2.88. The Morgan fingerprint density at radius 2 is 1.79 bits per heavy atom. The number of aliphatic carboxylic acids is 1. The van der Waals surface area contributed by atoms with E-state index in [-0.39, 0.29) is 24.3 Å². The van der Waals surface area contributed by atoms with Crippen LogP contribution in [0.2, 0.25) is 0 Å². The lowest BCUT2D eigenvalue weighted by atomic mass is 9.97. The van der Waals surface area contributed by atoms with Crippen molar-refractivity contribution in [3.63, 3.8) is 0 Å². The third-order valence-corrected chi connectivity index (χ3v) is 6.62. The first-order valence-corrected chi connectivity index (χ1v) is 13.2. The average Bonchev–Trinajstić information content (AvgIpc) is 3.33. The molecule has 3 amide bonds. The number of amides is 3. The van der Waals surface area contributed by atoms with Gasteiger partial charge < -0.3 is 32.1 Å². The Labute approximate surface area is 200 Å². The predicted octanol–water partition coefficient (Wildman–Crippen LogP) is 0.206. The summed E-state index contributed by atoms with van der Waals surface area (Å²) >= 11 is 1.52. The van der Waals surface area contributed by atoms with E-state index in [1.165, 1.54) is 11.8 Å². The summed E-state index contributed by atoms with van der Waals surface area (Å²) in [5, 5.41) is 20.8. The van der Waals surface area contributed by atoms with Gasteiger partial charge in [-0.15, -0.1) is 0 Å². The smallest absolute Gasteiger partial charge is 0.326 e. The molecule has 1 aliphatic rings. The molecule has 33 heavy (non-hydrogen) atoms. The summed E-state index contributed by atoms with van der Waals surface area (Å²) in [6, 6.07) is -3.04. The van der Waals surface area contributed by atoms with Crippen LogP contribution in [0.4, 0.5) is 0 Å². The van der Waals surface area contributed by atoms with Crippen molar-refractivity contribution in [3.8, 4) is 0 Å². The van der Waals surface area contributed by atoms with Crippen molar-refractivity contribution in [1.82, 2.24) is 21.3 Å². The lowest BCUT2D eigenvalue weighted by Gasteiger charge is -2.28. The van der Waals surface area contributed by atoms with Gasteiger partial charge in [-0.25, -0.2) is 4.79 Å². The number of thioether (sulfide) groups is 1. The molecule has 1 aliphatic heterocycles. The largest absolute Gasteiger partial charge is 0.480 e. The molecule has 11 heteroatoms. The Hall–Kier alpha value is -1.85. The van der Waals surface area contributed by atoms with Crippen LogP contribution in [0.15, 0.2) is 0 Å². The third kappa shape index (κ3) is 10.3. The molecule has 0 radical (unpaired) electrons. The minimum atomic E-state index is -1.12. The number of rotatable bonds is 16. The van der Waals surface area contributed by atoms with Crippen LogP contribution in [0.5, 0.6) is 0 Å². The predicted molar refractivity (Wildman–Crippen MR) is 130 cm³/mol. The summed E-state index contributed by atoms with van der Waals surface area (Å²) in [6.45, 7) is 5.03. The number of hydrogen-bond donors (Lipinski definition) is 6. The number of carboxylic acid groups (broad SMARTS) is 1. The maximum absolute atomic E-state index is 13.1. The van der Waals surface area contributed by atoms with Gasteiger partial charge in [0.1, 0.15) is 18.1 Å². The topological polar surface area (TPSA) is 163 Å². The molecule has 1 rings (SSSR count). The van der Waals surface area contributed by atoms with Crippen LogP contribution in [0.1, 0.15) is 58.8 Å². The van der Waals surface area contributed by atoms with Crippen molar-refractivity contribution in [2.45, 2.75) is 83.0 Å². The molecule has 5 atom stereocenters. The zero-order valence-corrected chi connectivity index (χ0v) is 20.8. The molecule has 0 spiro atoms. The summed E-state index contributed by atoms with van der Waals surface area (Å²) in [4.78, 5) is 50.2. The quantitative estimate of drug-likeness (QED) is 0.168. The number of carbonyl (C=O) groups excluding carboxylic acids is 3. The summed E-state index contributed by atoms with van der Waals surface area (Å²) < 4.78 is 0. The van der Waals surface area contributed by atoms with E-state index in [2.05, 4.69) is 21.3 Å². The molecular weight excluding hydrogens is 446 g/mol. The first-order valence-electron chi connectivity index (χ1n) is 11.8. The van der Waals surface area contributed by atoms with Crippen molar-refractivity contribution in [2.75, 3.05) is 25.1 Å². The Bertz CT molecular complexity index is 645. The summed E-state index contributed by atoms with van der Waals surface area (Å²) in [5.41, 5.74) is 5.47. The fourth-order valence-electron chi connectivity index (χ4n) is 3.65. The number of hydrogen-bond acceptors (Lipinski definition) is 7. The van der Waals surface area contributed by atoms with E-state index < -0.39 is 35.9 Å². The zero-order chi connectivity index (χ0) is 24.8. The maximum Gasteiger partial charge on any atom is 0.326 e. The lowest BCUT2D eigenvalue weighted by Crippen LogP contribution is -2.58. The highest BCUT2D eigenvalue weighted by atomic mass is 32.2. The number of carbonyl (C=O) groups is 4. The molecule has 5 unspecified atom stereocenters. The highest BCUT2D eigenvalue weighted by Crippen LogP contribution is 2.12. The van der Waals surface area contributed by atoms with Crippen molar-refractivity contribution in [2.24, 2.45) is 11.7 Å². The van der Waals surface area contributed by atoms with Gasteiger partial charge in [-0.05, 0) is 69.5 Å². The van der Waals surface area contributed by atoms with Gasteiger partial charge in [-0.2, -0.15) is 11.8 Å². The first kappa shape index (κ1) is 29.2. The third-order valence-electron chi connectivity index (χ3n) is 5.98. The molecule has 7 N–H and O–H groups in total. The first-order chi connectivity index (χ1) is 15.7. The van der Waals surface area contributed by atoms with E-state index in [1.807, 2.05) is 20.1 Å². The Morgan fingerprint density at radius 1 is 1.09 bits per heavy atom. The average molecular weight is 488 g/mol. The highest BCUT2D eigenvalue weighted by Gasteiger charge is 2.33. The monoisotopic (exact) mass is 487 g/mol. The molecule has 10 nitrogen and oxygen atoms in total. The van der Waals surface area contributed by atoms with Crippen molar-refractivity contribution < 1.29 is 24.3 Å². The van der Waals surface area contributed by atoms with Gasteiger partial charge in [0.05, 0.1) is 6.04 Å². The second kappa shape index (κ2) is 15.9. The molecule has 0 bridgehead atoms. The maximum atomic E-state index is 13.1. The fourth-order valence-corrected chi connectivity index (χ4v) is 4.12. The second-order valence-electron chi connectivity index (χ2n) is 8.55. The van der Waals surface area contributed by atoms with E-state index >= 15 is 0 Å². The summed E-state index contributed by atoms with van der Waals surface area (Å²) in [6.07, 6.45) is 6.04. The molecular formula is C22H41N5O5S. The van der Waals surface area contributed by atoms with Gasteiger partial charge in [0.2, 0.25) is 17.7 Å². The van der Waals surface area contributed by atoms with Crippen LogP contribution in [-0.4, -0.2) is 78.1 Å². The van der Waals surface area contributed by atoms with Crippen LogP contribution < -0.4 is 27.0 Å². The van der Waals surface area contributed by atoms with E-state index in [4.69, 9.17) is 5.73 Å². The molecule has 1 saturated heterocycles. The van der Waals surface area contributed by atoms with E-state index in [0.717, 1.165) is 19.4 Å². The minimum absolute atomic E-state index is 0.136. The SMILES string of the molecule is CCC(C)C(NC(=O)C1CCCN1)C(=O)NC(CCSC)C(=O)NC(CCCCN)C(=O)O. The molecule has 0 aromatic carbocycles. The highest BCUT2D eigenvalue weighted by molar-refractivity contribution is 7.98. The molecule has 1 fully saturated rings.